The van der Waals surface area contributed by atoms with Crippen molar-refractivity contribution in [3.8, 4) is 5.75 Å². The van der Waals surface area contributed by atoms with Gasteiger partial charge in [0.25, 0.3) is 5.91 Å². The van der Waals surface area contributed by atoms with E-state index in [1.165, 1.54) is 6.07 Å². The molecule has 3 amide bonds. The highest BCUT2D eigenvalue weighted by Crippen LogP contribution is 2.41. The van der Waals surface area contributed by atoms with E-state index in [2.05, 4.69) is 10.6 Å². The molecule has 27 heavy (non-hydrogen) atoms. The topological polar surface area (TPSA) is 98.7 Å². The first-order valence-electron chi connectivity index (χ1n) is 8.83. The number of phenols is 1. The molecule has 1 aliphatic heterocycles. The standard InChI is InChI=1S/C20H19N3O4/c24-16-8-4-3-7-15(16)22-17(25)11-21-19(26)18-13-5-1-2-6-14(13)20(27)23(18)12-9-10-12/h1-8,12,18,24H,9-11H2,(H,21,26)(H,22,25)/t18-/m1/s1. The van der Waals surface area contributed by atoms with Crippen LogP contribution in [0.3, 0.4) is 0 Å². The number of carbonyl (C=O) groups excluding carboxylic acids is 3. The fourth-order valence-electron chi connectivity index (χ4n) is 3.37. The van der Waals surface area contributed by atoms with Crippen LogP contribution in [0.25, 0.3) is 0 Å². The minimum Gasteiger partial charge on any atom is -0.506 e. The van der Waals surface area contributed by atoms with E-state index in [4.69, 9.17) is 0 Å². The molecule has 4 rings (SSSR count). The van der Waals surface area contributed by atoms with Crippen molar-refractivity contribution in [1.82, 2.24) is 10.2 Å². The van der Waals surface area contributed by atoms with Gasteiger partial charge in [0.15, 0.2) is 0 Å². The van der Waals surface area contributed by atoms with Crippen molar-refractivity contribution < 1.29 is 19.5 Å². The number of nitrogens with zero attached hydrogens (tertiary/aromatic N) is 1. The van der Waals surface area contributed by atoms with Gasteiger partial charge in [-0.25, -0.2) is 0 Å². The molecule has 0 spiro atoms. The van der Waals surface area contributed by atoms with Gasteiger partial charge in [-0.1, -0.05) is 30.3 Å². The number of hydrogen-bond donors (Lipinski definition) is 3. The third-order valence-corrected chi connectivity index (χ3v) is 4.79. The van der Waals surface area contributed by atoms with Gasteiger partial charge in [-0.15, -0.1) is 0 Å². The number of aromatic hydroxyl groups is 1. The SMILES string of the molecule is O=C(CNC(=O)[C@H]1c2ccccc2C(=O)N1C1CC1)Nc1ccccc1O. The van der Waals surface area contributed by atoms with Gasteiger partial charge in [0.2, 0.25) is 11.8 Å². The number of nitrogens with one attached hydrogen (secondary N) is 2. The van der Waals surface area contributed by atoms with Crippen LogP contribution in [0.5, 0.6) is 5.75 Å². The van der Waals surface area contributed by atoms with Gasteiger partial charge in [-0.3, -0.25) is 14.4 Å². The number of amides is 3. The lowest BCUT2D eigenvalue weighted by molar-refractivity contribution is -0.127. The summed E-state index contributed by atoms with van der Waals surface area (Å²) in [7, 11) is 0. The minimum atomic E-state index is -0.709. The second-order valence-electron chi connectivity index (χ2n) is 6.72. The third kappa shape index (κ3) is 3.23. The number of benzene rings is 2. The molecule has 1 fully saturated rings. The highest BCUT2D eigenvalue weighted by atomic mass is 16.3. The zero-order chi connectivity index (χ0) is 19.0. The molecular weight excluding hydrogens is 346 g/mol. The lowest BCUT2D eigenvalue weighted by atomic mass is 10.0. The lowest BCUT2D eigenvalue weighted by Crippen LogP contribution is -2.42. The average molecular weight is 365 g/mol. The van der Waals surface area contributed by atoms with Crippen LogP contribution in [0.4, 0.5) is 5.69 Å². The normalized spacial score (nSPS) is 18.1. The third-order valence-electron chi connectivity index (χ3n) is 4.79. The Hall–Kier alpha value is -3.35. The number of hydrogen-bond acceptors (Lipinski definition) is 4. The van der Waals surface area contributed by atoms with Crippen LogP contribution in [0.2, 0.25) is 0 Å². The highest BCUT2D eigenvalue weighted by molar-refractivity contribution is 6.05. The molecule has 0 radical (unpaired) electrons. The highest BCUT2D eigenvalue weighted by Gasteiger charge is 2.47. The molecule has 7 heteroatoms. The van der Waals surface area contributed by atoms with E-state index < -0.39 is 11.9 Å². The second-order valence-corrected chi connectivity index (χ2v) is 6.72. The number of phenolic OH excluding ortho intramolecular Hbond substituents is 1. The van der Waals surface area contributed by atoms with Crippen molar-refractivity contribution in [3.05, 3.63) is 59.7 Å². The molecule has 1 aliphatic carbocycles. The van der Waals surface area contributed by atoms with Gasteiger partial charge in [0.05, 0.1) is 12.2 Å². The van der Waals surface area contributed by atoms with E-state index >= 15 is 0 Å². The van der Waals surface area contributed by atoms with E-state index in [0.717, 1.165) is 12.8 Å². The largest absolute Gasteiger partial charge is 0.506 e. The quantitative estimate of drug-likeness (QED) is 0.704. The molecule has 1 saturated carbocycles. The molecule has 0 unspecified atom stereocenters. The van der Waals surface area contributed by atoms with E-state index in [0.29, 0.717) is 11.1 Å². The number of para-hydroxylation sites is 2. The Kier molecular flexibility index (Phi) is 4.27. The maximum Gasteiger partial charge on any atom is 0.255 e. The molecule has 1 heterocycles. The Labute approximate surface area is 156 Å². The van der Waals surface area contributed by atoms with Gasteiger partial charge >= 0.3 is 0 Å². The summed E-state index contributed by atoms with van der Waals surface area (Å²) in [4.78, 5) is 39.2. The van der Waals surface area contributed by atoms with Crippen LogP contribution in [0.1, 0.15) is 34.8 Å². The Balaban J connectivity index is 1.45. The summed E-state index contributed by atoms with van der Waals surface area (Å²) in [6.07, 6.45) is 1.77. The molecular formula is C20H19N3O4. The number of fused-ring (bicyclic) bond motifs is 1. The van der Waals surface area contributed by atoms with Crippen LogP contribution in [-0.2, 0) is 9.59 Å². The first-order chi connectivity index (χ1) is 13.1. The summed E-state index contributed by atoms with van der Waals surface area (Å²) >= 11 is 0. The van der Waals surface area contributed by atoms with Crippen molar-refractivity contribution in [1.29, 1.82) is 0 Å². The maximum absolute atomic E-state index is 12.8. The van der Waals surface area contributed by atoms with Crippen LogP contribution in [-0.4, -0.2) is 40.3 Å². The molecule has 0 saturated heterocycles. The molecule has 1 atom stereocenters. The van der Waals surface area contributed by atoms with Crippen molar-refractivity contribution in [2.24, 2.45) is 0 Å². The predicted molar refractivity (Wildman–Crippen MR) is 98.1 cm³/mol. The smallest absolute Gasteiger partial charge is 0.255 e. The molecule has 138 valence electrons. The van der Waals surface area contributed by atoms with E-state index in [1.807, 2.05) is 0 Å². The predicted octanol–water partition coefficient (Wildman–Crippen LogP) is 1.81. The van der Waals surface area contributed by atoms with Crippen LogP contribution in [0, 0.1) is 0 Å². The summed E-state index contributed by atoms with van der Waals surface area (Å²) in [6, 6.07) is 12.8. The summed E-state index contributed by atoms with van der Waals surface area (Å²) in [5.41, 5.74) is 1.49. The van der Waals surface area contributed by atoms with Crippen LogP contribution in [0.15, 0.2) is 48.5 Å². The second kappa shape index (κ2) is 6.75. The lowest BCUT2D eigenvalue weighted by Gasteiger charge is -2.24. The van der Waals surface area contributed by atoms with Gasteiger partial charge in [-0.05, 0) is 36.6 Å². The van der Waals surface area contributed by atoms with Crippen molar-refractivity contribution in [3.63, 3.8) is 0 Å². The molecule has 2 aromatic carbocycles. The fraction of sp³-hybridized carbons (Fsp3) is 0.250. The Morgan fingerprint density at radius 2 is 1.78 bits per heavy atom. The minimum absolute atomic E-state index is 0.0487. The number of anilines is 1. The Morgan fingerprint density at radius 3 is 2.52 bits per heavy atom. The van der Waals surface area contributed by atoms with Gasteiger partial charge in [0.1, 0.15) is 11.8 Å². The van der Waals surface area contributed by atoms with Crippen LogP contribution < -0.4 is 10.6 Å². The van der Waals surface area contributed by atoms with Gasteiger partial charge in [-0.2, -0.15) is 0 Å². The van der Waals surface area contributed by atoms with Crippen molar-refractivity contribution in [2.75, 3.05) is 11.9 Å². The summed E-state index contributed by atoms with van der Waals surface area (Å²) in [5.74, 6) is -1.02. The van der Waals surface area contributed by atoms with E-state index in [9.17, 15) is 19.5 Å². The first kappa shape index (κ1) is 17.1. The van der Waals surface area contributed by atoms with Gasteiger partial charge in [0, 0.05) is 11.6 Å². The fourth-order valence-corrected chi connectivity index (χ4v) is 3.37. The summed E-state index contributed by atoms with van der Waals surface area (Å²) in [6.45, 7) is -0.251. The molecule has 3 N–H and O–H groups in total. The summed E-state index contributed by atoms with van der Waals surface area (Å²) < 4.78 is 0. The molecule has 2 aromatic rings. The van der Waals surface area contributed by atoms with Crippen molar-refractivity contribution in [2.45, 2.75) is 24.9 Å². The monoisotopic (exact) mass is 365 g/mol. The zero-order valence-corrected chi connectivity index (χ0v) is 14.5. The molecule has 2 aliphatic rings. The maximum atomic E-state index is 12.8. The van der Waals surface area contributed by atoms with E-state index in [-0.39, 0.29) is 35.8 Å². The molecule has 0 aromatic heterocycles. The van der Waals surface area contributed by atoms with Crippen LogP contribution >= 0.6 is 0 Å². The molecule has 0 bridgehead atoms. The zero-order valence-electron chi connectivity index (χ0n) is 14.5. The van der Waals surface area contributed by atoms with E-state index in [1.54, 1.807) is 47.4 Å². The average Bonchev–Trinajstić information content (AvgIpc) is 3.46. The van der Waals surface area contributed by atoms with Gasteiger partial charge < -0.3 is 20.6 Å². The number of carbonyl (C=O) groups is 3. The summed E-state index contributed by atoms with van der Waals surface area (Å²) in [5, 5.41) is 14.9. The van der Waals surface area contributed by atoms with Crippen molar-refractivity contribution >= 4 is 23.4 Å². The first-order valence-corrected chi connectivity index (χ1v) is 8.83. The Bertz CT molecular complexity index is 923. The molecule has 7 nitrogen and oxygen atoms in total. The Morgan fingerprint density at radius 1 is 1.07 bits per heavy atom. The number of rotatable bonds is 5.